The zero-order chi connectivity index (χ0) is 25.6. The van der Waals surface area contributed by atoms with Crippen LogP contribution in [0.15, 0.2) is 12.2 Å². The Labute approximate surface area is 215 Å². The van der Waals surface area contributed by atoms with Gasteiger partial charge in [0.05, 0.1) is 6.61 Å². The topological polar surface area (TPSA) is 52.3 Å². The summed E-state index contributed by atoms with van der Waals surface area (Å²) in [6.07, 6.45) is 12.8. The second-order valence-electron chi connectivity index (χ2n) is 15.3. The van der Waals surface area contributed by atoms with E-state index in [1.54, 1.807) is 6.92 Å². The molecular weight excluding hydrogens is 430 g/mol. The first kappa shape index (κ1) is 25.8. The van der Waals surface area contributed by atoms with Gasteiger partial charge in [0, 0.05) is 18.4 Å². The van der Waals surface area contributed by atoms with Crippen molar-refractivity contribution < 1.29 is 9.53 Å². The van der Waals surface area contributed by atoms with E-state index in [4.69, 9.17) is 10.5 Å². The molecule has 0 aromatic heterocycles. The van der Waals surface area contributed by atoms with Gasteiger partial charge in [-0.2, -0.15) is 0 Å². The molecule has 5 aliphatic carbocycles. The van der Waals surface area contributed by atoms with Crippen LogP contribution in [0.3, 0.4) is 0 Å². The molecule has 5 rings (SSSR count). The van der Waals surface area contributed by atoms with E-state index >= 15 is 0 Å². The van der Waals surface area contributed by atoms with E-state index in [0.717, 1.165) is 11.8 Å². The highest BCUT2D eigenvalue weighted by atomic mass is 16.5. The van der Waals surface area contributed by atoms with Gasteiger partial charge in [-0.25, -0.2) is 0 Å². The lowest BCUT2D eigenvalue weighted by atomic mass is 9.32. The number of hydrogen-bond acceptors (Lipinski definition) is 3. The summed E-state index contributed by atoms with van der Waals surface area (Å²) >= 11 is 0. The van der Waals surface area contributed by atoms with Crippen LogP contribution >= 0.6 is 0 Å². The highest BCUT2D eigenvalue weighted by Gasteiger charge is 2.70. The standard InChI is InChI=1S/C32H53NO2/c1-20(2)22-11-16-32(19-35-21(3)34)18-17-30(7)23(27(22)32)9-10-25-29(6)14-13-26(33)28(4,5)24(29)12-15-31(25,30)8/h22-27H,1,9-19,33H2,2-8H3/t22-,23?,24-,25?,26?,27+,29-,30+,31+,32+/m0/s1. The maximum Gasteiger partial charge on any atom is 0.302 e. The lowest BCUT2D eigenvalue weighted by Gasteiger charge is -2.73. The van der Waals surface area contributed by atoms with Gasteiger partial charge >= 0.3 is 5.97 Å². The Hall–Kier alpha value is -0.830. The smallest absolute Gasteiger partial charge is 0.302 e. The SMILES string of the molecule is C=C(C)[C@@H]1CC[C@]2(COC(C)=O)CC[C@]3(C)C(CCC4[C@@]5(C)CCC(N)C(C)(C)[C@@H]5CC[C@]43C)[C@@H]12. The summed E-state index contributed by atoms with van der Waals surface area (Å²) in [5, 5.41) is 0. The molecule has 0 bridgehead atoms. The lowest BCUT2D eigenvalue weighted by Crippen LogP contribution is -2.67. The average molecular weight is 484 g/mol. The minimum Gasteiger partial charge on any atom is -0.465 e. The highest BCUT2D eigenvalue weighted by molar-refractivity contribution is 5.65. The van der Waals surface area contributed by atoms with Gasteiger partial charge in [-0.3, -0.25) is 4.79 Å². The summed E-state index contributed by atoms with van der Waals surface area (Å²) < 4.78 is 5.80. The summed E-state index contributed by atoms with van der Waals surface area (Å²) in [5.41, 5.74) is 9.59. The van der Waals surface area contributed by atoms with Crippen LogP contribution < -0.4 is 5.73 Å². The molecule has 2 N–H and O–H groups in total. The summed E-state index contributed by atoms with van der Waals surface area (Å²) in [6.45, 7) is 21.9. The molecule has 3 nitrogen and oxygen atoms in total. The van der Waals surface area contributed by atoms with Crippen LogP contribution in [-0.2, 0) is 9.53 Å². The van der Waals surface area contributed by atoms with Crippen LogP contribution in [0.2, 0.25) is 0 Å². The van der Waals surface area contributed by atoms with Crippen molar-refractivity contribution in [1.82, 2.24) is 0 Å². The molecule has 0 radical (unpaired) electrons. The molecule has 0 heterocycles. The summed E-state index contributed by atoms with van der Waals surface area (Å²) in [7, 11) is 0. The first-order valence-electron chi connectivity index (χ1n) is 14.8. The molecule has 5 aliphatic rings. The van der Waals surface area contributed by atoms with Gasteiger partial charge < -0.3 is 10.5 Å². The zero-order valence-electron chi connectivity index (χ0n) is 23.8. The number of carbonyl (C=O) groups excluding carboxylic acids is 1. The van der Waals surface area contributed by atoms with Crippen molar-refractivity contribution in [1.29, 1.82) is 0 Å². The first-order chi connectivity index (χ1) is 16.2. The molecule has 198 valence electrons. The average Bonchev–Trinajstić information content (AvgIpc) is 3.16. The fraction of sp³-hybridized carbons (Fsp3) is 0.906. The van der Waals surface area contributed by atoms with E-state index in [1.807, 2.05) is 0 Å². The number of carbonyl (C=O) groups is 1. The number of nitrogens with two attached hydrogens (primary N) is 1. The zero-order valence-corrected chi connectivity index (χ0v) is 23.8. The molecule has 5 saturated carbocycles. The van der Waals surface area contributed by atoms with Crippen molar-refractivity contribution in [3.63, 3.8) is 0 Å². The van der Waals surface area contributed by atoms with Crippen molar-refractivity contribution in [2.75, 3.05) is 6.61 Å². The number of rotatable bonds is 3. The molecule has 5 fully saturated rings. The van der Waals surface area contributed by atoms with Crippen molar-refractivity contribution in [3.8, 4) is 0 Å². The van der Waals surface area contributed by atoms with Gasteiger partial charge in [-0.15, -0.1) is 0 Å². The normalized spacial score (nSPS) is 52.5. The number of hydrogen-bond donors (Lipinski definition) is 1. The number of allylic oxidation sites excluding steroid dienone is 1. The van der Waals surface area contributed by atoms with E-state index in [9.17, 15) is 4.79 Å². The maximum absolute atomic E-state index is 11.9. The summed E-state index contributed by atoms with van der Waals surface area (Å²) in [5.74, 6) is 3.29. The van der Waals surface area contributed by atoms with Crippen molar-refractivity contribution in [2.24, 2.45) is 62.4 Å². The van der Waals surface area contributed by atoms with Gasteiger partial charge in [0.25, 0.3) is 0 Å². The molecule has 0 aromatic rings. The molecule has 0 spiro atoms. The summed E-state index contributed by atoms with van der Waals surface area (Å²) in [6, 6.07) is 0.336. The van der Waals surface area contributed by atoms with Crippen molar-refractivity contribution in [3.05, 3.63) is 12.2 Å². The monoisotopic (exact) mass is 483 g/mol. The van der Waals surface area contributed by atoms with Crippen LogP contribution in [0, 0.1) is 56.7 Å². The second kappa shape index (κ2) is 8.08. The van der Waals surface area contributed by atoms with Crippen LogP contribution in [0.4, 0.5) is 0 Å². The Morgan fingerprint density at radius 3 is 2.23 bits per heavy atom. The molecule has 3 unspecified atom stereocenters. The van der Waals surface area contributed by atoms with Gasteiger partial charge in [0.2, 0.25) is 0 Å². The van der Waals surface area contributed by atoms with E-state index < -0.39 is 0 Å². The Balaban J connectivity index is 1.53. The fourth-order valence-electron chi connectivity index (χ4n) is 11.8. The third-order valence-electron chi connectivity index (χ3n) is 13.9. The minimum atomic E-state index is -0.120. The molecule has 3 heteroatoms. The Kier molecular flexibility index (Phi) is 5.96. The van der Waals surface area contributed by atoms with E-state index in [-0.39, 0.29) is 16.8 Å². The predicted molar refractivity (Wildman–Crippen MR) is 144 cm³/mol. The molecule has 0 aliphatic heterocycles. The third-order valence-corrected chi connectivity index (χ3v) is 13.9. The van der Waals surface area contributed by atoms with Gasteiger partial charge in [-0.1, -0.05) is 46.8 Å². The van der Waals surface area contributed by atoms with Gasteiger partial charge in [-0.05, 0) is 122 Å². The largest absolute Gasteiger partial charge is 0.465 e. The van der Waals surface area contributed by atoms with Crippen LogP contribution in [0.25, 0.3) is 0 Å². The lowest BCUT2D eigenvalue weighted by molar-refractivity contribution is -0.241. The van der Waals surface area contributed by atoms with Crippen molar-refractivity contribution in [2.45, 2.75) is 119 Å². The molecule has 0 saturated heterocycles. The second-order valence-corrected chi connectivity index (χ2v) is 15.3. The molecule has 10 atom stereocenters. The minimum absolute atomic E-state index is 0.120. The van der Waals surface area contributed by atoms with Crippen LogP contribution in [0.5, 0.6) is 0 Å². The van der Waals surface area contributed by atoms with E-state index in [2.05, 4.69) is 48.1 Å². The van der Waals surface area contributed by atoms with Crippen molar-refractivity contribution >= 4 is 5.97 Å². The Bertz CT molecular complexity index is 894. The van der Waals surface area contributed by atoms with Gasteiger partial charge in [0.15, 0.2) is 0 Å². The number of esters is 1. The Morgan fingerprint density at radius 1 is 0.857 bits per heavy atom. The van der Waals surface area contributed by atoms with Gasteiger partial charge in [0.1, 0.15) is 0 Å². The molecule has 0 aromatic carbocycles. The van der Waals surface area contributed by atoms with Crippen LogP contribution in [0.1, 0.15) is 113 Å². The molecule has 0 amide bonds. The summed E-state index contributed by atoms with van der Waals surface area (Å²) in [4.78, 5) is 11.9. The quantitative estimate of drug-likeness (QED) is 0.333. The molecular formula is C32H53NO2. The van der Waals surface area contributed by atoms with E-state index in [0.29, 0.717) is 46.6 Å². The highest BCUT2D eigenvalue weighted by Crippen LogP contribution is 2.77. The maximum atomic E-state index is 11.9. The predicted octanol–water partition coefficient (Wildman–Crippen LogP) is 7.53. The molecule has 35 heavy (non-hydrogen) atoms. The van der Waals surface area contributed by atoms with E-state index in [1.165, 1.54) is 69.8 Å². The number of ether oxygens (including phenoxy) is 1. The Morgan fingerprint density at radius 2 is 1.57 bits per heavy atom. The third kappa shape index (κ3) is 3.34. The van der Waals surface area contributed by atoms with Crippen LogP contribution in [-0.4, -0.2) is 18.6 Å². The number of fused-ring (bicyclic) bond motifs is 7. The fourth-order valence-corrected chi connectivity index (χ4v) is 11.8. The first-order valence-corrected chi connectivity index (χ1v) is 14.8.